The van der Waals surface area contributed by atoms with Gasteiger partial charge in [0.15, 0.2) is 0 Å². The topological polar surface area (TPSA) is 20.2 Å². The van der Waals surface area contributed by atoms with Gasteiger partial charge in [0.25, 0.3) is 0 Å². The van der Waals surface area contributed by atoms with E-state index in [9.17, 15) is 0 Å². The molecule has 0 aliphatic rings. The summed E-state index contributed by atoms with van der Waals surface area (Å²) < 4.78 is 1.05. The second kappa shape index (κ2) is 4.43. The lowest BCUT2D eigenvalue weighted by Gasteiger charge is -1.99. The van der Waals surface area contributed by atoms with Crippen molar-refractivity contribution in [2.45, 2.75) is 6.92 Å². The minimum Gasteiger partial charge on any atom is -0.392 e. The maximum Gasteiger partial charge on any atom is 0.0615 e. The molecule has 0 bridgehead atoms. The van der Waals surface area contributed by atoms with Gasteiger partial charge < -0.3 is 5.11 Å². The first-order chi connectivity index (χ1) is 5.74. The number of halogens is 1. The van der Waals surface area contributed by atoms with Crippen molar-refractivity contribution in [2.24, 2.45) is 0 Å². The average molecular weight is 227 g/mol. The summed E-state index contributed by atoms with van der Waals surface area (Å²) in [5, 5.41) is 8.59. The van der Waals surface area contributed by atoms with E-state index in [0.29, 0.717) is 0 Å². The molecule has 12 heavy (non-hydrogen) atoms. The number of aryl methyl sites for hydroxylation is 1. The zero-order chi connectivity index (χ0) is 8.97. The molecular formula is C10H11BrO. The monoisotopic (exact) mass is 226 g/mol. The molecule has 0 radical (unpaired) electrons. The van der Waals surface area contributed by atoms with E-state index in [2.05, 4.69) is 22.0 Å². The van der Waals surface area contributed by atoms with Gasteiger partial charge in [-0.3, -0.25) is 0 Å². The lowest BCUT2D eigenvalue weighted by Crippen LogP contribution is -1.79. The van der Waals surface area contributed by atoms with Gasteiger partial charge in [-0.05, 0) is 18.6 Å². The van der Waals surface area contributed by atoms with Gasteiger partial charge >= 0.3 is 0 Å². The van der Waals surface area contributed by atoms with E-state index in [1.54, 1.807) is 6.08 Å². The van der Waals surface area contributed by atoms with Gasteiger partial charge in [0.1, 0.15) is 0 Å². The van der Waals surface area contributed by atoms with Crippen molar-refractivity contribution >= 4 is 22.0 Å². The van der Waals surface area contributed by atoms with Crippen LogP contribution < -0.4 is 0 Å². The Morgan fingerprint density at radius 3 is 2.92 bits per heavy atom. The van der Waals surface area contributed by atoms with Gasteiger partial charge in [-0.1, -0.05) is 45.8 Å². The van der Waals surface area contributed by atoms with Gasteiger partial charge in [-0.25, -0.2) is 0 Å². The highest BCUT2D eigenvalue weighted by Crippen LogP contribution is 2.19. The molecule has 0 heterocycles. The summed E-state index contributed by atoms with van der Waals surface area (Å²) in [6.45, 7) is 2.13. The molecule has 0 spiro atoms. The molecule has 0 aliphatic carbocycles. The quantitative estimate of drug-likeness (QED) is 0.823. The first-order valence-corrected chi connectivity index (χ1v) is 4.57. The number of hydrogen-bond acceptors (Lipinski definition) is 1. The van der Waals surface area contributed by atoms with Crippen molar-refractivity contribution in [3.63, 3.8) is 0 Å². The highest BCUT2D eigenvalue weighted by Gasteiger charge is 1.94. The normalized spacial score (nSPS) is 10.9. The fourth-order valence-corrected chi connectivity index (χ4v) is 1.35. The summed E-state index contributed by atoms with van der Waals surface area (Å²) in [7, 11) is 0. The van der Waals surface area contributed by atoms with Crippen LogP contribution in [0.5, 0.6) is 0 Å². The summed E-state index contributed by atoms with van der Waals surface area (Å²) in [6, 6.07) is 6.11. The van der Waals surface area contributed by atoms with Crippen LogP contribution in [-0.2, 0) is 0 Å². The lowest BCUT2D eigenvalue weighted by atomic mass is 10.1. The molecule has 1 aromatic rings. The van der Waals surface area contributed by atoms with E-state index in [1.807, 2.05) is 25.1 Å². The van der Waals surface area contributed by atoms with Crippen LogP contribution in [0.1, 0.15) is 11.1 Å². The summed E-state index contributed by atoms with van der Waals surface area (Å²) in [5.74, 6) is 0. The molecule has 0 aliphatic heterocycles. The number of rotatable bonds is 2. The van der Waals surface area contributed by atoms with Crippen LogP contribution in [0.2, 0.25) is 0 Å². The Kier molecular flexibility index (Phi) is 3.50. The van der Waals surface area contributed by atoms with Crippen LogP contribution in [-0.4, -0.2) is 11.7 Å². The number of aliphatic hydroxyl groups excluding tert-OH is 1. The molecule has 1 nitrogen and oxygen atoms in total. The van der Waals surface area contributed by atoms with Crippen LogP contribution in [0.25, 0.3) is 6.08 Å². The van der Waals surface area contributed by atoms with Crippen LogP contribution in [0.15, 0.2) is 28.7 Å². The molecule has 64 valence electrons. The summed E-state index contributed by atoms with van der Waals surface area (Å²) in [5.41, 5.74) is 2.32. The minimum absolute atomic E-state index is 0.0837. The summed E-state index contributed by atoms with van der Waals surface area (Å²) >= 11 is 3.43. The fraction of sp³-hybridized carbons (Fsp3) is 0.200. The molecule has 1 N–H and O–H groups in total. The number of hydrogen-bond donors (Lipinski definition) is 1. The van der Waals surface area contributed by atoms with Gasteiger partial charge in [-0.2, -0.15) is 0 Å². The van der Waals surface area contributed by atoms with E-state index >= 15 is 0 Å². The predicted molar refractivity (Wildman–Crippen MR) is 55.0 cm³/mol. The highest BCUT2D eigenvalue weighted by atomic mass is 79.9. The molecular weight excluding hydrogens is 216 g/mol. The van der Waals surface area contributed by atoms with Crippen molar-refractivity contribution in [2.75, 3.05) is 6.61 Å². The molecule has 0 amide bonds. The molecule has 1 aromatic carbocycles. The second-order valence-corrected chi connectivity index (χ2v) is 3.46. The lowest BCUT2D eigenvalue weighted by molar-refractivity contribution is 0.343. The SMILES string of the molecule is Cc1ccc(Br)c(C=CCO)c1. The van der Waals surface area contributed by atoms with Crippen molar-refractivity contribution < 1.29 is 5.11 Å². The zero-order valence-electron chi connectivity index (χ0n) is 6.92. The van der Waals surface area contributed by atoms with Crippen LogP contribution in [0.4, 0.5) is 0 Å². The Bertz CT molecular complexity index is 292. The van der Waals surface area contributed by atoms with Crippen molar-refractivity contribution in [1.29, 1.82) is 0 Å². The van der Waals surface area contributed by atoms with Crippen molar-refractivity contribution in [1.82, 2.24) is 0 Å². The van der Waals surface area contributed by atoms with Gasteiger partial charge in [0, 0.05) is 4.47 Å². The highest BCUT2D eigenvalue weighted by molar-refractivity contribution is 9.10. The summed E-state index contributed by atoms with van der Waals surface area (Å²) in [4.78, 5) is 0. The first-order valence-electron chi connectivity index (χ1n) is 3.77. The van der Waals surface area contributed by atoms with Crippen molar-refractivity contribution in [3.05, 3.63) is 39.9 Å². The van der Waals surface area contributed by atoms with E-state index in [0.717, 1.165) is 10.0 Å². The largest absolute Gasteiger partial charge is 0.392 e. The first kappa shape index (κ1) is 9.49. The second-order valence-electron chi connectivity index (χ2n) is 2.61. The maximum absolute atomic E-state index is 8.59. The van der Waals surface area contributed by atoms with Crippen LogP contribution >= 0.6 is 15.9 Å². The predicted octanol–water partition coefficient (Wildman–Crippen LogP) is 2.76. The minimum atomic E-state index is 0.0837. The van der Waals surface area contributed by atoms with Crippen LogP contribution in [0, 0.1) is 6.92 Å². The number of benzene rings is 1. The Hall–Kier alpha value is -0.600. The standard InChI is InChI=1S/C10H11BrO/c1-8-4-5-10(11)9(7-8)3-2-6-12/h2-5,7,12H,6H2,1H3. The molecule has 2 heteroatoms. The van der Waals surface area contributed by atoms with E-state index in [1.165, 1.54) is 5.56 Å². The Morgan fingerprint density at radius 1 is 1.50 bits per heavy atom. The van der Waals surface area contributed by atoms with Gasteiger partial charge in [-0.15, -0.1) is 0 Å². The van der Waals surface area contributed by atoms with Crippen molar-refractivity contribution in [3.8, 4) is 0 Å². The molecule has 1 rings (SSSR count). The summed E-state index contributed by atoms with van der Waals surface area (Å²) in [6.07, 6.45) is 3.62. The van der Waals surface area contributed by atoms with Gasteiger partial charge in [0.05, 0.1) is 6.61 Å². The fourth-order valence-electron chi connectivity index (χ4n) is 0.971. The molecule has 0 unspecified atom stereocenters. The van der Waals surface area contributed by atoms with Gasteiger partial charge in [0.2, 0.25) is 0 Å². The Labute approximate surface area is 80.9 Å². The van der Waals surface area contributed by atoms with E-state index in [-0.39, 0.29) is 6.61 Å². The Balaban J connectivity index is 2.97. The molecule has 0 aromatic heterocycles. The van der Waals surface area contributed by atoms with E-state index in [4.69, 9.17) is 5.11 Å². The molecule has 0 atom stereocenters. The molecule has 0 saturated heterocycles. The molecule has 0 fully saturated rings. The number of aliphatic hydroxyl groups is 1. The smallest absolute Gasteiger partial charge is 0.0615 e. The van der Waals surface area contributed by atoms with Crippen LogP contribution in [0.3, 0.4) is 0 Å². The average Bonchev–Trinajstić information content (AvgIpc) is 2.07. The maximum atomic E-state index is 8.59. The Morgan fingerprint density at radius 2 is 2.25 bits per heavy atom. The zero-order valence-corrected chi connectivity index (χ0v) is 8.51. The third-order valence-corrected chi connectivity index (χ3v) is 2.28. The third-order valence-electron chi connectivity index (χ3n) is 1.55. The third kappa shape index (κ3) is 2.47. The van der Waals surface area contributed by atoms with E-state index < -0.39 is 0 Å². The molecule has 0 saturated carbocycles.